The fourth-order valence-electron chi connectivity index (χ4n) is 3.48. The average Bonchev–Trinajstić information content (AvgIpc) is 3.30. The number of carbonyl (C=O) groups is 1. The maximum Gasteiger partial charge on any atom is 0.332 e. The molecular formula is C22H17Cl2FN4O4. The highest BCUT2D eigenvalue weighted by Crippen LogP contribution is 2.26. The lowest BCUT2D eigenvalue weighted by molar-refractivity contribution is -0.143. The van der Waals surface area contributed by atoms with Crippen molar-refractivity contribution < 1.29 is 13.9 Å². The number of imidazole rings is 1. The summed E-state index contributed by atoms with van der Waals surface area (Å²) in [6, 6.07) is 7.16. The third-order valence-corrected chi connectivity index (χ3v) is 5.59. The fraction of sp³-hybridized carbons (Fsp3) is 0.182. The molecule has 11 heteroatoms. The Bertz CT molecular complexity index is 1480. The Morgan fingerprint density at radius 1 is 1.18 bits per heavy atom. The van der Waals surface area contributed by atoms with Crippen LogP contribution in [0.25, 0.3) is 22.3 Å². The lowest BCUT2D eigenvalue weighted by Gasteiger charge is -2.16. The van der Waals surface area contributed by atoms with Crippen LogP contribution in [0.3, 0.4) is 0 Å². The third-order valence-electron chi connectivity index (χ3n) is 5.00. The summed E-state index contributed by atoms with van der Waals surface area (Å²) in [5.74, 6) is -1.25. The van der Waals surface area contributed by atoms with E-state index < -0.39 is 29.6 Å². The van der Waals surface area contributed by atoms with Gasteiger partial charge in [-0.15, -0.1) is 0 Å². The molecule has 0 bridgehead atoms. The van der Waals surface area contributed by atoms with E-state index in [-0.39, 0.29) is 35.4 Å². The maximum absolute atomic E-state index is 14.9. The molecule has 4 aromatic rings. The molecule has 4 rings (SSSR count). The van der Waals surface area contributed by atoms with Crippen LogP contribution in [-0.2, 0) is 22.6 Å². The minimum absolute atomic E-state index is 0.0579. The van der Waals surface area contributed by atoms with Gasteiger partial charge in [-0.1, -0.05) is 29.3 Å². The highest BCUT2D eigenvalue weighted by atomic mass is 35.5. The first-order valence-corrected chi connectivity index (χ1v) is 10.6. The minimum Gasteiger partial charge on any atom is -0.465 e. The van der Waals surface area contributed by atoms with Crippen molar-refractivity contribution >= 4 is 40.1 Å². The largest absolute Gasteiger partial charge is 0.465 e. The normalized spacial score (nSPS) is 11.2. The number of aromatic nitrogens is 4. The number of halogens is 3. The highest BCUT2D eigenvalue weighted by molar-refractivity contribution is 6.35. The second-order valence-electron chi connectivity index (χ2n) is 7.09. The van der Waals surface area contributed by atoms with E-state index in [9.17, 15) is 18.8 Å². The predicted molar refractivity (Wildman–Crippen MR) is 122 cm³/mol. The van der Waals surface area contributed by atoms with Crippen LogP contribution in [0.15, 0.2) is 52.3 Å². The van der Waals surface area contributed by atoms with Gasteiger partial charge in [-0.3, -0.25) is 14.2 Å². The molecule has 0 aliphatic heterocycles. The first kappa shape index (κ1) is 22.8. The van der Waals surface area contributed by atoms with E-state index >= 15 is 0 Å². The summed E-state index contributed by atoms with van der Waals surface area (Å²) in [7, 11) is 0. The van der Waals surface area contributed by atoms with Crippen LogP contribution in [0.5, 0.6) is 0 Å². The number of nitrogens with one attached hydrogen (secondary N) is 1. The van der Waals surface area contributed by atoms with E-state index in [4.69, 9.17) is 27.9 Å². The SMILES string of the molecule is CCOC(=O)Cn1c(=O)c2cc(F)c(-c3ncc[nH]3)cc2n(Cc2ccc(Cl)cc2Cl)c1=O. The van der Waals surface area contributed by atoms with Gasteiger partial charge in [0.15, 0.2) is 0 Å². The summed E-state index contributed by atoms with van der Waals surface area (Å²) in [5.41, 5.74) is -0.820. The van der Waals surface area contributed by atoms with Crippen LogP contribution in [-0.4, -0.2) is 31.7 Å². The van der Waals surface area contributed by atoms with E-state index in [0.717, 1.165) is 10.6 Å². The lowest BCUT2D eigenvalue weighted by Crippen LogP contribution is -2.42. The quantitative estimate of drug-likeness (QED) is 0.416. The molecule has 8 nitrogen and oxygen atoms in total. The number of hydrogen-bond acceptors (Lipinski definition) is 5. The molecule has 2 aromatic heterocycles. The van der Waals surface area contributed by atoms with Crippen LogP contribution in [0.1, 0.15) is 12.5 Å². The summed E-state index contributed by atoms with van der Waals surface area (Å²) in [6.07, 6.45) is 2.98. The molecule has 0 saturated carbocycles. The number of carbonyl (C=O) groups excluding carboxylic acids is 1. The topological polar surface area (TPSA) is 99.0 Å². The average molecular weight is 491 g/mol. The summed E-state index contributed by atoms with van der Waals surface area (Å²) in [6.45, 7) is 1.01. The number of H-pyrrole nitrogens is 1. The molecule has 0 unspecified atom stereocenters. The molecule has 0 amide bonds. The third kappa shape index (κ3) is 4.42. The van der Waals surface area contributed by atoms with Crippen molar-refractivity contribution in [2.75, 3.05) is 6.61 Å². The van der Waals surface area contributed by atoms with E-state index in [1.54, 1.807) is 19.1 Å². The van der Waals surface area contributed by atoms with Crippen LogP contribution in [0, 0.1) is 5.82 Å². The molecular weight excluding hydrogens is 474 g/mol. The summed E-state index contributed by atoms with van der Waals surface area (Å²) < 4.78 is 21.8. The molecule has 1 N–H and O–H groups in total. The van der Waals surface area contributed by atoms with E-state index in [2.05, 4.69) is 9.97 Å². The minimum atomic E-state index is -0.814. The monoisotopic (exact) mass is 490 g/mol. The Morgan fingerprint density at radius 2 is 1.97 bits per heavy atom. The second-order valence-corrected chi connectivity index (χ2v) is 7.93. The van der Waals surface area contributed by atoms with Crippen molar-refractivity contribution in [3.8, 4) is 11.4 Å². The Hall–Kier alpha value is -3.43. The smallest absolute Gasteiger partial charge is 0.332 e. The Labute approximate surface area is 196 Å². The van der Waals surface area contributed by atoms with Crippen molar-refractivity contribution in [1.82, 2.24) is 19.1 Å². The first-order chi connectivity index (χ1) is 15.8. The van der Waals surface area contributed by atoms with Gasteiger partial charge in [0.1, 0.15) is 18.2 Å². The number of fused-ring (bicyclic) bond motifs is 1. The van der Waals surface area contributed by atoms with Gasteiger partial charge in [0, 0.05) is 22.4 Å². The summed E-state index contributed by atoms with van der Waals surface area (Å²) in [4.78, 5) is 45.3. The van der Waals surface area contributed by atoms with E-state index in [1.807, 2.05) is 0 Å². The van der Waals surface area contributed by atoms with Crippen molar-refractivity contribution in [3.63, 3.8) is 0 Å². The molecule has 0 fully saturated rings. The molecule has 2 heterocycles. The van der Waals surface area contributed by atoms with Crippen LogP contribution < -0.4 is 11.2 Å². The van der Waals surface area contributed by atoms with Crippen molar-refractivity contribution in [1.29, 1.82) is 0 Å². The zero-order valence-corrected chi connectivity index (χ0v) is 18.8. The molecule has 0 saturated heterocycles. The van der Waals surface area contributed by atoms with Gasteiger partial charge in [0.25, 0.3) is 5.56 Å². The second kappa shape index (κ2) is 9.21. The molecule has 33 heavy (non-hydrogen) atoms. The number of rotatable bonds is 6. The van der Waals surface area contributed by atoms with Gasteiger partial charge in [-0.25, -0.2) is 18.7 Å². The predicted octanol–water partition coefficient (Wildman–Crippen LogP) is 3.61. The maximum atomic E-state index is 14.9. The van der Waals surface area contributed by atoms with Gasteiger partial charge in [0.05, 0.1) is 29.6 Å². The zero-order chi connectivity index (χ0) is 23.7. The van der Waals surface area contributed by atoms with Crippen molar-refractivity contribution in [2.45, 2.75) is 20.0 Å². The Kier molecular flexibility index (Phi) is 6.35. The molecule has 0 spiro atoms. The standard InChI is InChI=1S/C22H17Cl2FN4O4/c1-2-33-19(30)11-29-21(31)15-8-17(25)14(20-26-5-6-27-20)9-18(15)28(22(29)32)10-12-3-4-13(23)7-16(12)24/h3-9H,2,10-11H2,1H3,(H,26,27). The highest BCUT2D eigenvalue weighted by Gasteiger charge is 2.20. The van der Waals surface area contributed by atoms with Crippen LogP contribution in [0.4, 0.5) is 4.39 Å². The van der Waals surface area contributed by atoms with Gasteiger partial charge in [-0.05, 0) is 36.8 Å². The van der Waals surface area contributed by atoms with Gasteiger partial charge in [-0.2, -0.15) is 0 Å². The molecule has 0 atom stereocenters. The summed E-state index contributed by atoms with van der Waals surface area (Å²) in [5, 5.41) is 0.631. The Balaban J connectivity index is 2.00. The molecule has 0 aliphatic rings. The molecule has 0 radical (unpaired) electrons. The van der Waals surface area contributed by atoms with E-state index in [0.29, 0.717) is 15.6 Å². The summed E-state index contributed by atoms with van der Waals surface area (Å²) >= 11 is 12.3. The number of benzene rings is 2. The number of hydrogen-bond donors (Lipinski definition) is 1. The van der Waals surface area contributed by atoms with Gasteiger partial charge in [0.2, 0.25) is 0 Å². The number of esters is 1. The zero-order valence-electron chi connectivity index (χ0n) is 17.3. The van der Waals surface area contributed by atoms with Crippen molar-refractivity contribution in [2.24, 2.45) is 0 Å². The molecule has 2 aromatic carbocycles. The van der Waals surface area contributed by atoms with Gasteiger partial charge < -0.3 is 9.72 Å². The molecule has 0 aliphatic carbocycles. The Morgan fingerprint density at radius 3 is 2.64 bits per heavy atom. The molecule has 170 valence electrons. The first-order valence-electron chi connectivity index (χ1n) is 9.86. The van der Waals surface area contributed by atoms with E-state index in [1.165, 1.54) is 29.1 Å². The number of ether oxygens (including phenoxy) is 1. The van der Waals surface area contributed by atoms with Crippen LogP contribution in [0.2, 0.25) is 10.0 Å². The van der Waals surface area contributed by atoms with Crippen LogP contribution >= 0.6 is 23.2 Å². The lowest BCUT2D eigenvalue weighted by atomic mass is 10.1. The van der Waals surface area contributed by atoms with Gasteiger partial charge >= 0.3 is 11.7 Å². The number of aromatic amines is 1. The number of nitrogens with zero attached hydrogens (tertiary/aromatic N) is 3. The fourth-order valence-corrected chi connectivity index (χ4v) is 3.95. The van der Waals surface area contributed by atoms with Crippen molar-refractivity contribution in [3.05, 3.63) is 85.0 Å².